The zero-order valence-electron chi connectivity index (χ0n) is 10.7. The van der Waals surface area contributed by atoms with Gasteiger partial charge >= 0.3 is 0 Å². The Hall–Kier alpha value is -0.550. The maximum absolute atomic E-state index is 6.69. The molecule has 0 radical (unpaired) electrons. The van der Waals surface area contributed by atoms with E-state index in [4.69, 9.17) is 16.3 Å². The van der Waals surface area contributed by atoms with Gasteiger partial charge in [0.2, 0.25) is 0 Å². The Bertz CT molecular complexity index is 706. The van der Waals surface area contributed by atoms with Gasteiger partial charge in [0.05, 0.1) is 12.0 Å². The number of halogens is 2. The Morgan fingerprint density at radius 3 is 2.85 bits per heavy atom. The molecule has 0 saturated carbocycles. The second kappa shape index (κ2) is 6.06. The molecule has 20 heavy (non-hydrogen) atoms. The molecular weight excluding hydrogens is 376 g/mol. The first kappa shape index (κ1) is 14.4. The third kappa shape index (κ3) is 2.75. The molecule has 0 fully saturated rings. The van der Waals surface area contributed by atoms with E-state index in [-0.39, 0.29) is 5.38 Å². The van der Waals surface area contributed by atoms with Crippen LogP contribution in [0.3, 0.4) is 0 Å². The highest BCUT2D eigenvalue weighted by Crippen LogP contribution is 2.42. The van der Waals surface area contributed by atoms with Gasteiger partial charge in [-0.2, -0.15) is 0 Å². The predicted octanol–water partition coefficient (Wildman–Crippen LogP) is 6.45. The summed E-state index contributed by atoms with van der Waals surface area (Å²) in [4.78, 5) is 1.16. The molecule has 0 saturated heterocycles. The number of alkyl halides is 1. The standard InChI is InChI=1S/C15H12BrClOS2/c1-2-18-11-4-3-9(16)7-10(11)15(17)14-8-13-12(20-14)5-6-19-13/h3-8,15H,2H2,1H3. The van der Waals surface area contributed by atoms with Crippen molar-refractivity contribution in [1.82, 2.24) is 0 Å². The van der Waals surface area contributed by atoms with Crippen LogP contribution < -0.4 is 4.74 Å². The summed E-state index contributed by atoms with van der Waals surface area (Å²) < 4.78 is 9.30. The van der Waals surface area contributed by atoms with E-state index in [0.717, 1.165) is 20.7 Å². The molecule has 2 heterocycles. The van der Waals surface area contributed by atoms with Gasteiger partial charge in [0.1, 0.15) is 5.75 Å². The van der Waals surface area contributed by atoms with Crippen molar-refractivity contribution in [3.05, 3.63) is 50.6 Å². The first-order valence-corrected chi connectivity index (χ1v) is 9.15. The van der Waals surface area contributed by atoms with Crippen LogP contribution in [0.1, 0.15) is 22.7 Å². The molecule has 1 unspecified atom stereocenters. The fourth-order valence-electron chi connectivity index (χ4n) is 2.07. The van der Waals surface area contributed by atoms with Gasteiger partial charge in [0, 0.05) is 24.3 Å². The molecular formula is C15H12BrClOS2. The number of rotatable bonds is 4. The van der Waals surface area contributed by atoms with E-state index in [0.29, 0.717) is 6.61 Å². The molecule has 0 aliphatic rings. The van der Waals surface area contributed by atoms with Gasteiger partial charge in [-0.3, -0.25) is 0 Å². The van der Waals surface area contributed by atoms with E-state index in [2.05, 4.69) is 33.4 Å². The summed E-state index contributed by atoms with van der Waals surface area (Å²) >= 11 is 13.7. The van der Waals surface area contributed by atoms with Gasteiger partial charge in [-0.05, 0) is 42.6 Å². The van der Waals surface area contributed by atoms with Gasteiger partial charge in [-0.15, -0.1) is 34.3 Å². The average molecular weight is 388 g/mol. The largest absolute Gasteiger partial charge is 0.494 e. The Balaban J connectivity index is 2.02. The normalized spacial score (nSPS) is 12.8. The molecule has 0 amide bonds. The molecule has 0 bridgehead atoms. The number of fused-ring (bicyclic) bond motifs is 1. The quantitative estimate of drug-likeness (QED) is 0.467. The maximum Gasteiger partial charge on any atom is 0.124 e. The fraction of sp³-hybridized carbons (Fsp3) is 0.200. The average Bonchev–Trinajstić information content (AvgIpc) is 3.01. The first-order valence-electron chi connectivity index (χ1n) is 6.22. The van der Waals surface area contributed by atoms with E-state index in [1.807, 2.05) is 25.1 Å². The summed E-state index contributed by atoms with van der Waals surface area (Å²) in [6, 6.07) is 10.3. The van der Waals surface area contributed by atoms with Crippen LogP contribution in [-0.4, -0.2) is 6.61 Å². The Morgan fingerprint density at radius 2 is 2.10 bits per heavy atom. The number of benzene rings is 1. The van der Waals surface area contributed by atoms with Crippen molar-refractivity contribution in [2.24, 2.45) is 0 Å². The molecule has 3 rings (SSSR count). The number of thiophene rings is 2. The number of hydrogen-bond acceptors (Lipinski definition) is 3. The van der Waals surface area contributed by atoms with Gasteiger partial charge in [-0.25, -0.2) is 0 Å². The second-order valence-electron chi connectivity index (χ2n) is 4.28. The third-order valence-corrected chi connectivity index (χ3v) is 6.20. The molecule has 5 heteroatoms. The highest BCUT2D eigenvalue weighted by atomic mass is 79.9. The van der Waals surface area contributed by atoms with E-state index in [9.17, 15) is 0 Å². The highest BCUT2D eigenvalue weighted by Gasteiger charge is 2.19. The van der Waals surface area contributed by atoms with Crippen LogP contribution >= 0.6 is 50.2 Å². The Morgan fingerprint density at radius 1 is 1.25 bits per heavy atom. The molecule has 2 aromatic heterocycles. The lowest BCUT2D eigenvalue weighted by Crippen LogP contribution is -1.99. The maximum atomic E-state index is 6.69. The van der Waals surface area contributed by atoms with Crippen molar-refractivity contribution in [2.45, 2.75) is 12.3 Å². The summed E-state index contributed by atoms with van der Waals surface area (Å²) in [6.07, 6.45) is 0. The molecule has 1 aromatic carbocycles. The van der Waals surface area contributed by atoms with Crippen molar-refractivity contribution < 1.29 is 4.74 Å². The lowest BCUT2D eigenvalue weighted by molar-refractivity contribution is 0.337. The molecule has 3 aromatic rings. The summed E-state index contributed by atoms with van der Waals surface area (Å²) in [5.74, 6) is 0.854. The summed E-state index contributed by atoms with van der Waals surface area (Å²) in [6.45, 7) is 2.62. The van der Waals surface area contributed by atoms with Crippen LogP contribution in [0.5, 0.6) is 5.75 Å². The van der Waals surface area contributed by atoms with Crippen LogP contribution in [0.4, 0.5) is 0 Å². The van der Waals surface area contributed by atoms with Crippen LogP contribution in [0.15, 0.2) is 40.2 Å². The smallest absolute Gasteiger partial charge is 0.124 e. The lowest BCUT2D eigenvalue weighted by Gasteiger charge is -2.14. The number of hydrogen-bond donors (Lipinski definition) is 0. The van der Waals surface area contributed by atoms with Crippen LogP contribution in [0.2, 0.25) is 0 Å². The second-order valence-corrected chi connectivity index (χ2v) is 7.69. The Labute approximate surface area is 139 Å². The summed E-state index contributed by atoms with van der Waals surface area (Å²) in [7, 11) is 0. The van der Waals surface area contributed by atoms with Gasteiger partial charge in [0.25, 0.3) is 0 Å². The van der Waals surface area contributed by atoms with E-state index in [1.54, 1.807) is 22.7 Å². The van der Waals surface area contributed by atoms with Gasteiger partial charge in [0.15, 0.2) is 0 Å². The van der Waals surface area contributed by atoms with Crippen LogP contribution in [-0.2, 0) is 0 Å². The van der Waals surface area contributed by atoms with Crippen molar-refractivity contribution in [1.29, 1.82) is 0 Å². The zero-order valence-corrected chi connectivity index (χ0v) is 14.7. The lowest BCUT2D eigenvalue weighted by atomic mass is 10.1. The highest BCUT2D eigenvalue weighted by molar-refractivity contribution is 9.10. The van der Waals surface area contributed by atoms with Gasteiger partial charge in [-0.1, -0.05) is 15.9 Å². The van der Waals surface area contributed by atoms with Gasteiger partial charge < -0.3 is 4.74 Å². The van der Waals surface area contributed by atoms with E-state index < -0.39 is 0 Å². The van der Waals surface area contributed by atoms with E-state index in [1.165, 1.54) is 9.40 Å². The predicted molar refractivity (Wildman–Crippen MR) is 92.7 cm³/mol. The molecule has 0 N–H and O–H groups in total. The summed E-state index contributed by atoms with van der Waals surface area (Å²) in [5.41, 5.74) is 1.01. The number of ether oxygens (including phenoxy) is 1. The van der Waals surface area contributed by atoms with Crippen molar-refractivity contribution in [3.8, 4) is 5.75 Å². The third-order valence-electron chi connectivity index (χ3n) is 2.95. The monoisotopic (exact) mass is 386 g/mol. The minimum absolute atomic E-state index is 0.182. The zero-order chi connectivity index (χ0) is 14.1. The van der Waals surface area contributed by atoms with Crippen LogP contribution in [0.25, 0.3) is 9.40 Å². The fourth-order valence-corrected chi connectivity index (χ4v) is 4.93. The SMILES string of the molecule is CCOc1ccc(Br)cc1C(Cl)c1cc2sccc2s1. The molecule has 1 nitrogen and oxygen atoms in total. The van der Waals surface area contributed by atoms with Crippen LogP contribution in [0, 0.1) is 0 Å². The Kier molecular flexibility index (Phi) is 4.36. The molecule has 0 aliphatic heterocycles. The minimum atomic E-state index is -0.182. The van der Waals surface area contributed by atoms with Crippen molar-refractivity contribution in [2.75, 3.05) is 6.61 Å². The van der Waals surface area contributed by atoms with E-state index >= 15 is 0 Å². The molecule has 0 spiro atoms. The minimum Gasteiger partial charge on any atom is -0.494 e. The molecule has 104 valence electrons. The topological polar surface area (TPSA) is 9.23 Å². The first-order chi connectivity index (χ1) is 9.69. The summed E-state index contributed by atoms with van der Waals surface area (Å²) in [5, 5.41) is 1.93. The molecule has 0 aliphatic carbocycles. The molecule has 1 atom stereocenters. The van der Waals surface area contributed by atoms with Crippen molar-refractivity contribution in [3.63, 3.8) is 0 Å². The van der Waals surface area contributed by atoms with Crippen molar-refractivity contribution >= 4 is 59.6 Å².